The summed E-state index contributed by atoms with van der Waals surface area (Å²) >= 11 is 6.01. The topological polar surface area (TPSA) is 88.9 Å². The third-order valence-electron chi connectivity index (χ3n) is 2.72. The number of nitrogens with one attached hydrogen (secondary N) is 1. The SMILES string of the molecule is CN(C)CCCNc1c(Cl)c(N)c(C#N)c(F)c1C#N. The van der Waals surface area contributed by atoms with Crippen molar-refractivity contribution < 1.29 is 4.39 Å². The molecule has 0 aliphatic heterocycles. The molecule has 0 spiro atoms. The van der Waals surface area contributed by atoms with Crippen molar-refractivity contribution >= 4 is 23.0 Å². The summed E-state index contributed by atoms with van der Waals surface area (Å²) in [6.45, 7) is 1.35. The van der Waals surface area contributed by atoms with Crippen LogP contribution >= 0.6 is 11.6 Å². The van der Waals surface area contributed by atoms with Crippen LogP contribution in [0.2, 0.25) is 5.02 Å². The van der Waals surface area contributed by atoms with E-state index in [2.05, 4.69) is 5.32 Å². The fraction of sp³-hybridized carbons (Fsp3) is 0.385. The van der Waals surface area contributed by atoms with E-state index < -0.39 is 11.4 Å². The molecule has 0 bridgehead atoms. The summed E-state index contributed by atoms with van der Waals surface area (Å²) in [7, 11) is 3.88. The Bertz CT molecular complexity index is 586. The third kappa shape index (κ3) is 3.30. The minimum atomic E-state index is -0.938. The number of hydrogen-bond acceptors (Lipinski definition) is 5. The van der Waals surface area contributed by atoms with Gasteiger partial charge in [-0.2, -0.15) is 10.5 Å². The van der Waals surface area contributed by atoms with Gasteiger partial charge in [0.05, 0.1) is 16.4 Å². The maximum Gasteiger partial charge on any atom is 0.163 e. The number of hydrogen-bond donors (Lipinski definition) is 2. The van der Waals surface area contributed by atoms with Gasteiger partial charge in [0.1, 0.15) is 23.3 Å². The lowest BCUT2D eigenvalue weighted by atomic mass is 10.1. The maximum absolute atomic E-state index is 14.0. The number of anilines is 2. The van der Waals surface area contributed by atoms with Crippen LogP contribution in [0, 0.1) is 28.5 Å². The number of nitrogen functional groups attached to an aromatic ring is 1. The number of benzene rings is 1. The molecule has 0 saturated carbocycles. The number of nitrogens with zero attached hydrogens (tertiary/aromatic N) is 3. The van der Waals surface area contributed by atoms with Crippen molar-refractivity contribution in [2.24, 2.45) is 0 Å². The van der Waals surface area contributed by atoms with Crippen LogP contribution in [0.25, 0.3) is 0 Å². The van der Waals surface area contributed by atoms with Crippen LogP contribution in [-0.4, -0.2) is 32.1 Å². The molecule has 3 N–H and O–H groups in total. The second-order valence-electron chi connectivity index (χ2n) is 4.47. The summed E-state index contributed by atoms with van der Waals surface area (Å²) in [5, 5.41) is 20.8. The third-order valence-corrected chi connectivity index (χ3v) is 3.11. The van der Waals surface area contributed by atoms with Gasteiger partial charge >= 0.3 is 0 Å². The Kier molecular flexibility index (Phi) is 5.57. The highest BCUT2D eigenvalue weighted by Crippen LogP contribution is 2.36. The van der Waals surface area contributed by atoms with Gasteiger partial charge in [-0.25, -0.2) is 4.39 Å². The van der Waals surface area contributed by atoms with Gasteiger partial charge in [0, 0.05) is 6.54 Å². The van der Waals surface area contributed by atoms with Crippen LogP contribution in [0.3, 0.4) is 0 Å². The highest BCUT2D eigenvalue weighted by Gasteiger charge is 2.21. The molecule has 1 aromatic rings. The van der Waals surface area contributed by atoms with E-state index in [0.717, 1.165) is 13.0 Å². The van der Waals surface area contributed by atoms with Crippen molar-refractivity contribution in [1.82, 2.24) is 4.90 Å². The lowest BCUT2D eigenvalue weighted by Crippen LogP contribution is -2.17. The lowest BCUT2D eigenvalue weighted by molar-refractivity contribution is 0.405. The molecule has 5 nitrogen and oxygen atoms in total. The summed E-state index contributed by atoms with van der Waals surface area (Å²) in [5.74, 6) is -0.938. The predicted molar refractivity (Wildman–Crippen MR) is 76.9 cm³/mol. The van der Waals surface area contributed by atoms with E-state index in [0.29, 0.717) is 6.54 Å². The highest BCUT2D eigenvalue weighted by molar-refractivity contribution is 6.36. The standard InChI is InChI=1S/C13H15ClFN5/c1-20(2)5-3-4-19-13-9(7-17)11(15)8(6-16)12(18)10(13)14/h19H,3-5,18H2,1-2H3. The van der Waals surface area contributed by atoms with E-state index in [1.54, 1.807) is 12.1 Å². The molecule has 0 fully saturated rings. The van der Waals surface area contributed by atoms with Crippen LogP contribution in [0.5, 0.6) is 0 Å². The van der Waals surface area contributed by atoms with Crippen molar-refractivity contribution in [2.45, 2.75) is 6.42 Å². The summed E-state index contributed by atoms with van der Waals surface area (Å²) in [6.07, 6.45) is 0.787. The molecule has 106 valence electrons. The minimum absolute atomic E-state index is 0.00403. The molecule has 0 aliphatic rings. The van der Waals surface area contributed by atoms with Gasteiger partial charge in [0.15, 0.2) is 5.82 Å². The van der Waals surface area contributed by atoms with Crippen molar-refractivity contribution in [3.05, 3.63) is 22.0 Å². The molecule has 0 unspecified atom stereocenters. The van der Waals surface area contributed by atoms with Crippen molar-refractivity contribution in [3.63, 3.8) is 0 Å². The molecule has 0 aliphatic carbocycles. The Balaban J connectivity index is 3.08. The van der Waals surface area contributed by atoms with Crippen LogP contribution in [0.4, 0.5) is 15.8 Å². The summed E-state index contributed by atoms with van der Waals surface area (Å²) in [5.41, 5.74) is 4.92. The Labute approximate surface area is 122 Å². The smallest absolute Gasteiger partial charge is 0.163 e. The first-order valence-electron chi connectivity index (χ1n) is 5.93. The molecule has 7 heteroatoms. The monoisotopic (exact) mass is 295 g/mol. The highest BCUT2D eigenvalue weighted by atomic mass is 35.5. The zero-order valence-electron chi connectivity index (χ0n) is 11.3. The zero-order valence-corrected chi connectivity index (χ0v) is 12.1. The van der Waals surface area contributed by atoms with Gasteiger partial charge in [0.25, 0.3) is 0 Å². The largest absolute Gasteiger partial charge is 0.396 e. The fourth-order valence-corrected chi connectivity index (χ4v) is 1.95. The average molecular weight is 296 g/mol. The first kappa shape index (κ1) is 16.0. The lowest BCUT2D eigenvalue weighted by Gasteiger charge is -2.15. The van der Waals surface area contributed by atoms with Crippen LogP contribution in [0.1, 0.15) is 17.5 Å². The second-order valence-corrected chi connectivity index (χ2v) is 4.85. The molecule has 0 saturated heterocycles. The molecule has 1 rings (SSSR count). The Morgan fingerprint density at radius 2 is 1.90 bits per heavy atom. The maximum atomic E-state index is 14.0. The normalized spacial score (nSPS) is 10.2. The first-order chi connectivity index (χ1) is 9.43. The molecular weight excluding hydrogens is 281 g/mol. The molecule has 0 amide bonds. The molecule has 0 heterocycles. The van der Waals surface area contributed by atoms with E-state index in [9.17, 15) is 4.39 Å². The van der Waals surface area contributed by atoms with Gasteiger partial charge in [-0.15, -0.1) is 0 Å². The zero-order chi connectivity index (χ0) is 15.3. The van der Waals surface area contributed by atoms with Crippen LogP contribution in [0.15, 0.2) is 0 Å². The quantitative estimate of drug-likeness (QED) is 0.642. The molecule has 0 atom stereocenters. The molecule has 20 heavy (non-hydrogen) atoms. The second kappa shape index (κ2) is 6.95. The first-order valence-corrected chi connectivity index (χ1v) is 6.31. The molecule has 0 aromatic heterocycles. The Morgan fingerprint density at radius 1 is 1.30 bits per heavy atom. The summed E-state index contributed by atoms with van der Waals surface area (Å²) < 4.78 is 14.0. The number of nitriles is 2. The summed E-state index contributed by atoms with van der Waals surface area (Å²) in [4.78, 5) is 2.00. The number of rotatable bonds is 5. The summed E-state index contributed by atoms with van der Waals surface area (Å²) in [6, 6.07) is 3.34. The molecule has 0 radical (unpaired) electrons. The Morgan fingerprint density at radius 3 is 2.40 bits per heavy atom. The molecule has 1 aromatic carbocycles. The van der Waals surface area contributed by atoms with Gasteiger partial charge < -0.3 is 16.0 Å². The Hall–Kier alpha value is -2.02. The van der Waals surface area contributed by atoms with Gasteiger partial charge in [-0.05, 0) is 27.1 Å². The fourth-order valence-electron chi connectivity index (χ4n) is 1.70. The van der Waals surface area contributed by atoms with Crippen LogP contribution in [-0.2, 0) is 0 Å². The van der Waals surface area contributed by atoms with Gasteiger partial charge in [0.2, 0.25) is 0 Å². The molecular formula is C13H15ClFN5. The van der Waals surface area contributed by atoms with E-state index in [-0.39, 0.29) is 22.0 Å². The van der Waals surface area contributed by atoms with E-state index in [4.69, 9.17) is 27.9 Å². The van der Waals surface area contributed by atoms with E-state index >= 15 is 0 Å². The predicted octanol–water partition coefficient (Wildman–Crippen LogP) is 2.17. The van der Waals surface area contributed by atoms with Gasteiger partial charge in [-0.3, -0.25) is 0 Å². The van der Waals surface area contributed by atoms with Gasteiger partial charge in [-0.1, -0.05) is 11.6 Å². The average Bonchev–Trinajstić information content (AvgIpc) is 2.40. The minimum Gasteiger partial charge on any atom is -0.396 e. The van der Waals surface area contributed by atoms with Crippen molar-refractivity contribution in [2.75, 3.05) is 38.2 Å². The number of nitrogens with two attached hydrogens (primary N) is 1. The number of halogens is 2. The van der Waals surface area contributed by atoms with E-state index in [1.807, 2.05) is 19.0 Å². The van der Waals surface area contributed by atoms with E-state index in [1.165, 1.54) is 0 Å². The van der Waals surface area contributed by atoms with Crippen molar-refractivity contribution in [1.29, 1.82) is 10.5 Å². The van der Waals surface area contributed by atoms with Crippen LogP contribution < -0.4 is 11.1 Å². The van der Waals surface area contributed by atoms with Crippen molar-refractivity contribution in [3.8, 4) is 12.1 Å².